The Morgan fingerprint density at radius 2 is 1.50 bits per heavy atom. The molecule has 0 spiro atoms. The van der Waals surface area contributed by atoms with Crippen molar-refractivity contribution in [3.63, 3.8) is 0 Å². The van der Waals surface area contributed by atoms with E-state index in [9.17, 15) is 14.4 Å². The van der Waals surface area contributed by atoms with Crippen molar-refractivity contribution in [1.29, 1.82) is 0 Å². The molecule has 0 atom stereocenters. The van der Waals surface area contributed by atoms with Gasteiger partial charge >= 0.3 is 17.8 Å². The highest BCUT2D eigenvalue weighted by Crippen LogP contribution is 2.27. The summed E-state index contributed by atoms with van der Waals surface area (Å²) in [6.45, 7) is 1.82. The number of benzene rings is 4. The minimum Gasteiger partial charge on any atom is -0.422 e. The molecule has 0 saturated heterocycles. The Kier molecular flexibility index (Phi) is 6.74. The fourth-order valence-electron chi connectivity index (χ4n) is 3.33. The number of ether oxygens (including phenoxy) is 1. The smallest absolute Gasteiger partial charge is 0.343 e. The van der Waals surface area contributed by atoms with E-state index in [1.54, 1.807) is 42.5 Å². The lowest BCUT2D eigenvalue weighted by molar-refractivity contribution is -0.136. The van der Waals surface area contributed by atoms with Gasteiger partial charge < -0.3 is 10.1 Å². The van der Waals surface area contributed by atoms with Gasteiger partial charge in [-0.05, 0) is 47.5 Å². The van der Waals surface area contributed by atoms with E-state index < -0.39 is 17.8 Å². The number of nitrogens with one attached hydrogen (secondary N) is 2. The number of aryl methyl sites for hydroxylation is 1. The van der Waals surface area contributed by atoms with E-state index in [0.717, 1.165) is 16.3 Å². The molecule has 0 aliphatic carbocycles. The molecular formula is C27H21N3O4. The largest absolute Gasteiger partial charge is 0.422 e. The van der Waals surface area contributed by atoms with Crippen LogP contribution in [0.3, 0.4) is 0 Å². The maximum absolute atomic E-state index is 12.6. The first kappa shape index (κ1) is 22.4. The number of para-hydroxylation sites is 1. The number of esters is 1. The second-order valence-corrected chi connectivity index (χ2v) is 7.42. The highest BCUT2D eigenvalue weighted by atomic mass is 16.5. The highest BCUT2D eigenvalue weighted by molar-refractivity contribution is 6.39. The van der Waals surface area contributed by atoms with Crippen molar-refractivity contribution in [1.82, 2.24) is 5.43 Å². The lowest BCUT2D eigenvalue weighted by Gasteiger charge is -2.10. The number of carbonyl (C=O) groups is 3. The molecule has 0 aliphatic heterocycles. The number of hydrazone groups is 1. The predicted octanol–water partition coefficient (Wildman–Crippen LogP) is 4.46. The Bertz CT molecular complexity index is 1400. The van der Waals surface area contributed by atoms with Gasteiger partial charge in [-0.2, -0.15) is 5.10 Å². The summed E-state index contributed by atoms with van der Waals surface area (Å²) in [5, 5.41) is 8.15. The van der Waals surface area contributed by atoms with E-state index in [0.29, 0.717) is 16.8 Å². The third-order valence-electron chi connectivity index (χ3n) is 5.10. The fraction of sp³-hybridized carbons (Fsp3) is 0.0370. The summed E-state index contributed by atoms with van der Waals surface area (Å²) in [6, 6.07) is 26.7. The topological polar surface area (TPSA) is 96.9 Å². The highest BCUT2D eigenvalue weighted by Gasteiger charge is 2.15. The molecule has 4 rings (SSSR count). The average Bonchev–Trinajstić information content (AvgIpc) is 2.86. The van der Waals surface area contributed by atoms with E-state index in [1.165, 1.54) is 6.21 Å². The molecule has 4 aromatic carbocycles. The standard InChI is InChI=1S/C27H21N3O4/c1-18-9-5-8-14-23(18)29-25(31)26(32)30-28-17-22-21-13-7-6-10-19(21)15-16-24(22)34-27(33)20-11-3-2-4-12-20/h2-17H,1H3,(H,29,31)(H,30,32)/b28-17-. The van der Waals surface area contributed by atoms with Gasteiger partial charge in [-0.3, -0.25) is 9.59 Å². The second-order valence-electron chi connectivity index (χ2n) is 7.42. The Balaban J connectivity index is 1.54. The monoisotopic (exact) mass is 451 g/mol. The van der Waals surface area contributed by atoms with E-state index >= 15 is 0 Å². The van der Waals surface area contributed by atoms with Gasteiger partial charge in [0.25, 0.3) is 0 Å². The van der Waals surface area contributed by atoms with E-state index in [2.05, 4.69) is 15.8 Å². The van der Waals surface area contributed by atoms with Crippen molar-refractivity contribution < 1.29 is 19.1 Å². The predicted molar refractivity (Wildman–Crippen MR) is 131 cm³/mol. The van der Waals surface area contributed by atoms with Gasteiger partial charge in [-0.25, -0.2) is 10.2 Å². The van der Waals surface area contributed by atoms with Crippen LogP contribution in [0.5, 0.6) is 5.75 Å². The fourth-order valence-corrected chi connectivity index (χ4v) is 3.33. The van der Waals surface area contributed by atoms with Crippen molar-refractivity contribution in [2.45, 2.75) is 6.92 Å². The minimum absolute atomic E-state index is 0.273. The van der Waals surface area contributed by atoms with Gasteiger partial charge in [0.2, 0.25) is 0 Å². The first-order valence-corrected chi connectivity index (χ1v) is 10.5. The van der Waals surface area contributed by atoms with Crippen LogP contribution in [0.1, 0.15) is 21.5 Å². The van der Waals surface area contributed by atoms with Gasteiger partial charge in [0.15, 0.2) is 0 Å². The SMILES string of the molecule is Cc1ccccc1NC(=O)C(=O)N/N=C\c1c(OC(=O)c2ccccc2)ccc2ccccc12. The van der Waals surface area contributed by atoms with Crippen molar-refractivity contribution in [3.05, 3.63) is 108 Å². The van der Waals surface area contributed by atoms with Crippen molar-refractivity contribution in [2.24, 2.45) is 5.10 Å². The van der Waals surface area contributed by atoms with Gasteiger partial charge in [0, 0.05) is 11.3 Å². The summed E-state index contributed by atoms with van der Waals surface area (Å²) in [5.41, 5.74) is 4.48. The van der Waals surface area contributed by atoms with E-state index in [-0.39, 0.29) is 5.75 Å². The molecule has 0 fully saturated rings. The first-order valence-electron chi connectivity index (χ1n) is 10.5. The number of nitrogens with zero attached hydrogens (tertiary/aromatic N) is 1. The zero-order chi connectivity index (χ0) is 23.9. The summed E-state index contributed by atoms with van der Waals surface area (Å²) in [7, 11) is 0. The number of rotatable bonds is 5. The van der Waals surface area contributed by atoms with Gasteiger partial charge in [-0.15, -0.1) is 0 Å². The summed E-state index contributed by atoms with van der Waals surface area (Å²) < 4.78 is 5.61. The third kappa shape index (κ3) is 5.16. The number of amides is 2. The van der Waals surface area contributed by atoms with Gasteiger partial charge in [0.1, 0.15) is 5.75 Å². The third-order valence-corrected chi connectivity index (χ3v) is 5.10. The molecule has 7 nitrogen and oxygen atoms in total. The quantitative estimate of drug-likeness (QED) is 0.154. The molecule has 0 unspecified atom stereocenters. The van der Waals surface area contributed by atoms with Crippen molar-refractivity contribution in [2.75, 3.05) is 5.32 Å². The summed E-state index contributed by atoms with van der Waals surface area (Å²) in [5.74, 6) is -2.02. The normalized spacial score (nSPS) is 10.7. The zero-order valence-electron chi connectivity index (χ0n) is 18.3. The maximum Gasteiger partial charge on any atom is 0.343 e. The molecule has 2 N–H and O–H groups in total. The van der Waals surface area contributed by atoms with Crippen LogP contribution in [-0.4, -0.2) is 24.0 Å². The molecule has 4 aromatic rings. The zero-order valence-corrected chi connectivity index (χ0v) is 18.3. The number of carbonyl (C=O) groups excluding carboxylic acids is 3. The molecular weight excluding hydrogens is 430 g/mol. The summed E-state index contributed by atoms with van der Waals surface area (Å²) in [6.07, 6.45) is 1.36. The number of anilines is 1. The molecule has 168 valence electrons. The number of hydrogen-bond acceptors (Lipinski definition) is 5. The molecule has 34 heavy (non-hydrogen) atoms. The van der Waals surface area contributed by atoms with E-state index in [1.807, 2.05) is 55.5 Å². The van der Waals surface area contributed by atoms with Crippen LogP contribution in [0, 0.1) is 6.92 Å². The first-order chi connectivity index (χ1) is 16.5. The maximum atomic E-state index is 12.6. The molecule has 0 saturated carbocycles. The van der Waals surface area contributed by atoms with Crippen LogP contribution in [0.4, 0.5) is 5.69 Å². The average molecular weight is 451 g/mol. The molecule has 7 heteroatoms. The summed E-state index contributed by atoms with van der Waals surface area (Å²) >= 11 is 0. The van der Waals surface area contributed by atoms with Crippen LogP contribution in [0.2, 0.25) is 0 Å². The Morgan fingerprint density at radius 1 is 0.794 bits per heavy atom. The second kappa shape index (κ2) is 10.2. The lowest BCUT2D eigenvalue weighted by atomic mass is 10.0. The van der Waals surface area contributed by atoms with Crippen molar-refractivity contribution >= 4 is 40.5 Å². The number of fused-ring (bicyclic) bond motifs is 1. The van der Waals surface area contributed by atoms with Crippen LogP contribution in [-0.2, 0) is 9.59 Å². The van der Waals surface area contributed by atoms with Gasteiger partial charge in [0.05, 0.1) is 11.8 Å². The molecule has 0 bridgehead atoms. The Hall–Kier alpha value is -4.78. The number of hydrogen-bond donors (Lipinski definition) is 2. The Morgan fingerprint density at radius 3 is 2.29 bits per heavy atom. The minimum atomic E-state index is -0.928. The van der Waals surface area contributed by atoms with Crippen LogP contribution >= 0.6 is 0 Å². The molecule has 2 amide bonds. The van der Waals surface area contributed by atoms with Crippen LogP contribution in [0.15, 0.2) is 96.1 Å². The van der Waals surface area contributed by atoms with Crippen LogP contribution < -0.4 is 15.5 Å². The lowest BCUT2D eigenvalue weighted by Crippen LogP contribution is -2.32. The van der Waals surface area contributed by atoms with Gasteiger partial charge in [-0.1, -0.05) is 66.7 Å². The summed E-state index contributed by atoms with van der Waals surface area (Å²) in [4.78, 5) is 37.0. The molecule has 0 radical (unpaired) electrons. The Labute approximate surface area is 196 Å². The molecule has 0 heterocycles. The van der Waals surface area contributed by atoms with Crippen LogP contribution in [0.25, 0.3) is 10.8 Å². The van der Waals surface area contributed by atoms with Crippen molar-refractivity contribution in [3.8, 4) is 5.75 Å². The molecule has 0 aliphatic rings. The van der Waals surface area contributed by atoms with E-state index in [4.69, 9.17) is 4.74 Å². The molecule has 0 aromatic heterocycles.